The fourth-order valence-corrected chi connectivity index (χ4v) is 6.20. The molecule has 12 nitrogen and oxygen atoms in total. The number of aromatic nitrogens is 2. The minimum absolute atomic E-state index is 0.0113. The first-order valence-corrected chi connectivity index (χ1v) is 14.3. The predicted octanol–water partition coefficient (Wildman–Crippen LogP) is 1.96. The van der Waals surface area contributed by atoms with Crippen LogP contribution in [-0.2, 0) is 25.9 Å². The molecule has 0 saturated heterocycles. The van der Waals surface area contributed by atoms with Crippen LogP contribution in [0.15, 0.2) is 52.3 Å². The molecule has 0 unspecified atom stereocenters. The maximum atomic E-state index is 13.1. The average molecular weight is 595 g/mol. The fraction of sp³-hybridized carbons (Fsp3) is 0.281. The van der Waals surface area contributed by atoms with Gasteiger partial charge in [0.2, 0.25) is 0 Å². The van der Waals surface area contributed by atoms with Crippen LogP contribution in [0.3, 0.4) is 0 Å². The highest BCUT2D eigenvalue weighted by Crippen LogP contribution is 2.35. The Morgan fingerprint density at radius 1 is 1.00 bits per heavy atom. The maximum absolute atomic E-state index is 13.1. The zero-order chi connectivity index (χ0) is 31.1. The summed E-state index contributed by atoms with van der Waals surface area (Å²) < 4.78 is 0. The molecular weight excluding hydrogens is 564 g/mol. The molecule has 1 atom stereocenters. The molecule has 0 saturated carbocycles. The standard InChI is InChI=1S/C32H30N6O6/c1-16-20-8-9-23(22(20)7-6-21(16)32(43)44)37-31(42)25-12-24(35-15-36-25)30(41)34-13-17-4-5-18-3-2-10-38(14-19(18)11-17)27-26(33)28(39)29(27)40/h4-7,11-12,15,23H,2-3,8-10,13-14,33H2,1H3,(H,34,41)(H,37,42)(H,43,44)/t23-/m0/s1. The highest BCUT2D eigenvalue weighted by atomic mass is 16.4. The molecule has 0 radical (unpaired) electrons. The summed E-state index contributed by atoms with van der Waals surface area (Å²) in [4.78, 5) is 71.2. The van der Waals surface area contributed by atoms with E-state index < -0.39 is 28.6 Å². The number of benzene rings is 2. The van der Waals surface area contributed by atoms with Crippen molar-refractivity contribution in [3.05, 3.63) is 114 Å². The van der Waals surface area contributed by atoms with Crippen LogP contribution in [0.25, 0.3) is 0 Å². The number of carboxylic acid groups (broad SMARTS) is 1. The van der Waals surface area contributed by atoms with E-state index in [0.717, 1.165) is 40.7 Å². The molecule has 0 spiro atoms. The first-order chi connectivity index (χ1) is 21.1. The molecule has 3 aromatic carbocycles. The van der Waals surface area contributed by atoms with E-state index in [1.54, 1.807) is 19.1 Å². The van der Waals surface area contributed by atoms with Crippen molar-refractivity contribution in [3.63, 3.8) is 0 Å². The Morgan fingerprint density at radius 3 is 2.52 bits per heavy atom. The number of carbonyl (C=O) groups is 3. The van der Waals surface area contributed by atoms with Crippen LogP contribution in [0.5, 0.6) is 0 Å². The Balaban J connectivity index is 1.11. The second-order valence-electron chi connectivity index (χ2n) is 11.2. The number of nitrogens with two attached hydrogens (primary N) is 1. The molecule has 0 fully saturated rings. The lowest BCUT2D eigenvalue weighted by atomic mass is 9.98. The van der Waals surface area contributed by atoms with Crippen LogP contribution >= 0.6 is 0 Å². The van der Waals surface area contributed by atoms with Crippen molar-refractivity contribution in [3.8, 4) is 0 Å². The summed E-state index contributed by atoms with van der Waals surface area (Å²) >= 11 is 0. The van der Waals surface area contributed by atoms with Crippen LogP contribution in [0, 0.1) is 6.92 Å². The zero-order valence-corrected chi connectivity index (χ0v) is 24.0. The number of hydrogen-bond acceptors (Lipinski definition) is 9. The summed E-state index contributed by atoms with van der Waals surface area (Å²) in [5.41, 5.74) is 10.7. The van der Waals surface area contributed by atoms with Crippen molar-refractivity contribution in [2.75, 3.05) is 17.2 Å². The second kappa shape index (κ2) is 11.4. The smallest absolute Gasteiger partial charge is 0.335 e. The van der Waals surface area contributed by atoms with Gasteiger partial charge < -0.3 is 26.4 Å². The lowest BCUT2D eigenvalue weighted by Crippen LogP contribution is -2.42. The molecule has 1 aromatic heterocycles. The van der Waals surface area contributed by atoms with E-state index in [4.69, 9.17) is 5.73 Å². The molecule has 4 aromatic rings. The summed E-state index contributed by atoms with van der Waals surface area (Å²) in [6.07, 6.45) is 4.06. The average Bonchev–Trinajstić information content (AvgIpc) is 3.32. The van der Waals surface area contributed by atoms with Gasteiger partial charge in [0.15, 0.2) is 0 Å². The largest absolute Gasteiger partial charge is 0.478 e. The van der Waals surface area contributed by atoms with Gasteiger partial charge in [-0.2, -0.15) is 0 Å². The minimum Gasteiger partial charge on any atom is -0.478 e. The number of nitrogens with zero attached hydrogens (tertiary/aromatic N) is 3. The van der Waals surface area contributed by atoms with Crippen LogP contribution in [0.4, 0.5) is 11.4 Å². The quantitative estimate of drug-likeness (QED) is 0.231. The number of hydrogen-bond donors (Lipinski definition) is 4. The third kappa shape index (κ3) is 5.19. The molecule has 2 aliphatic rings. The molecule has 1 aliphatic carbocycles. The number of nitrogens with one attached hydrogen (secondary N) is 2. The van der Waals surface area contributed by atoms with Gasteiger partial charge in [-0.15, -0.1) is 0 Å². The highest BCUT2D eigenvalue weighted by molar-refractivity contribution is 5.97. The number of fused-ring (bicyclic) bond motifs is 2. The first-order valence-electron chi connectivity index (χ1n) is 14.3. The molecule has 44 heavy (non-hydrogen) atoms. The van der Waals surface area contributed by atoms with Crippen LogP contribution in [0.2, 0.25) is 0 Å². The molecule has 0 bridgehead atoms. The van der Waals surface area contributed by atoms with Gasteiger partial charge in [-0.3, -0.25) is 19.2 Å². The monoisotopic (exact) mass is 594 g/mol. The van der Waals surface area contributed by atoms with Gasteiger partial charge in [-0.1, -0.05) is 24.3 Å². The van der Waals surface area contributed by atoms with E-state index in [2.05, 4.69) is 20.6 Å². The molecule has 2 amide bonds. The van der Waals surface area contributed by atoms with Crippen molar-refractivity contribution in [1.82, 2.24) is 20.6 Å². The molecular formula is C32H30N6O6. The second-order valence-corrected chi connectivity index (χ2v) is 11.2. The van der Waals surface area contributed by atoms with Crippen LogP contribution in [-0.4, -0.2) is 39.4 Å². The van der Waals surface area contributed by atoms with E-state index in [-0.39, 0.29) is 40.9 Å². The minimum atomic E-state index is -0.984. The lowest BCUT2D eigenvalue weighted by molar-refractivity contribution is 0.0695. The zero-order valence-electron chi connectivity index (χ0n) is 24.0. The Labute approximate surface area is 251 Å². The summed E-state index contributed by atoms with van der Waals surface area (Å²) in [5.74, 6) is -1.92. The Bertz CT molecular complexity index is 1910. The first kappa shape index (κ1) is 28.7. The predicted molar refractivity (Wildman–Crippen MR) is 161 cm³/mol. The summed E-state index contributed by atoms with van der Waals surface area (Å²) in [5, 5.41) is 15.2. The third-order valence-corrected chi connectivity index (χ3v) is 8.56. The molecule has 224 valence electrons. The van der Waals surface area contributed by atoms with Gasteiger partial charge >= 0.3 is 5.97 Å². The summed E-state index contributed by atoms with van der Waals surface area (Å²) in [6, 6.07) is 10.2. The van der Waals surface area contributed by atoms with Crippen molar-refractivity contribution in [2.45, 2.75) is 51.7 Å². The maximum Gasteiger partial charge on any atom is 0.335 e. The van der Waals surface area contributed by atoms with Crippen LogP contribution < -0.4 is 32.1 Å². The van der Waals surface area contributed by atoms with Gasteiger partial charge in [-0.05, 0) is 72.1 Å². The van der Waals surface area contributed by atoms with Crippen molar-refractivity contribution >= 4 is 29.2 Å². The SMILES string of the molecule is Cc1c(C(=O)O)ccc2c1CC[C@@H]2NC(=O)c1cc(C(=O)NCc2ccc3c(c2)CN(c2c(N)c(=O)c2=O)CCC3)ncn1. The normalized spacial score (nSPS) is 15.8. The Morgan fingerprint density at radius 2 is 1.77 bits per heavy atom. The number of aryl methyl sites for hydroxylation is 1. The summed E-state index contributed by atoms with van der Waals surface area (Å²) in [7, 11) is 0. The van der Waals surface area contributed by atoms with E-state index in [1.165, 1.54) is 12.4 Å². The number of carbonyl (C=O) groups excluding carboxylic acids is 2. The number of rotatable bonds is 7. The number of aromatic carboxylic acids is 1. The van der Waals surface area contributed by atoms with E-state index in [0.29, 0.717) is 31.5 Å². The Hall–Kier alpha value is -5.39. The lowest BCUT2D eigenvalue weighted by Gasteiger charge is -2.25. The van der Waals surface area contributed by atoms with Crippen LogP contribution in [0.1, 0.15) is 83.6 Å². The number of amides is 2. The van der Waals surface area contributed by atoms with Crippen molar-refractivity contribution in [1.29, 1.82) is 0 Å². The van der Waals surface area contributed by atoms with Gasteiger partial charge in [-0.25, -0.2) is 14.8 Å². The molecule has 2 heterocycles. The van der Waals surface area contributed by atoms with Gasteiger partial charge in [0, 0.05) is 25.7 Å². The molecule has 1 aliphatic heterocycles. The highest BCUT2D eigenvalue weighted by Gasteiger charge is 2.29. The summed E-state index contributed by atoms with van der Waals surface area (Å²) in [6.45, 7) is 3.02. The molecule has 6 rings (SSSR count). The topological polar surface area (TPSA) is 185 Å². The number of carboxylic acids is 1. The van der Waals surface area contributed by atoms with Gasteiger partial charge in [0.05, 0.1) is 11.6 Å². The Kier molecular flexibility index (Phi) is 7.41. The third-order valence-electron chi connectivity index (χ3n) is 8.56. The fourth-order valence-electron chi connectivity index (χ4n) is 6.20. The molecule has 12 heteroatoms. The number of anilines is 2. The van der Waals surface area contributed by atoms with Crippen molar-refractivity contribution < 1.29 is 19.5 Å². The van der Waals surface area contributed by atoms with Gasteiger partial charge in [0.25, 0.3) is 22.7 Å². The number of nitrogen functional groups attached to an aromatic ring is 1. The molecule has 5 N–H and O–H groups in total. The van der Waals surface area contributed by atoms with Gasteiger partial charge in [0.1, 0.15) is 29.1 Å². The van der Waals surface area contributed by atoms with E-state index in [9.17, 15) is 29.1 Å². The van der Waals surface area contributed by atoms with Crippen molar-refractivity contribution in [2.24, 2.45) is 0 Å². The van der Waals surface area contributed by atoms with E-state index >= 15 is 0 Å². The van der Waals surface area contributed by atoms with E-state index in [1.807, 2.05) is 23.1 Å².